The Morgan fingerprint density at radius 1 is 1.08 bits per heavy atom. The van der Waals surface area contributed by atoms with Crippen LogP contribution in [0.4, 0.5) is 13.2 Å². The monoisotopic (exact) mass is 211 g/mol. The molecule has 13 heavy (non-hydrogen) atoms. The van der Waals surface area contributed by atoms with Crippen LogP contribution in [0.2, 0.25) is 0 Å². The molecule has 0 fully saturated rings. The van der Waals surface area contributed by atoms with Crippen LogP contribution >= 0.6 is 0 Å². The van der Waals surface area contributed by atoms with E-state index in [1.807, 2.05) is 0 Å². The first-order valence-corrected chi connectivity index (χ1v) is 4.55. The van der Waals surface area contributed by atoms with Crippen LogP contribution in [0.3, 0.4) is 0 Å². The van der Waals surface area contributed by atoms with Crippen molar-refractivity contribution < 1.29 is 21.6 Å². The molecule has 0 amide bonds. The molecule has 0 aliphatic heterocycles. The molecule has 0 saturated carbocycles. The molecule has 0 unspecified atom stereocenters. The van der Waals surface area contributed by atoms with Crippen molar-refractivity contribution in [3.8, 4) is 0 Å². The lowest BCUT2D eigenvalue weighted by atomic mass is 10.3. The highest BCUT2D eigenvalue weighted by molar-refractivity contribution is 7.89. The number of nitrogens with two attached hydrogens (primary N) is 1. The minimum atomic E-state index is -4.35. The molecule has 0 heterocycles. The Hall–Kier alpha value is -1.08. The van der Waals surface area contributed by atoms with Crippen LogP contribution in [0.1, 0.15) is 0 Å². The molecule has 2 N–H and O–H groups in total. The Bertz CT molecular complexity index is 443. The minimum Gasteiger partial charge on any atom is -0.225 e. The second kappa shape index (κ2) is 3.00. The summed E-state index contributed by atoms with van der Waals surface area (Å²) in [4.78, 5) is -1.06. The quantitative estimate of drug-likeness (QED) is 0.697. The predicted octanol–water partition coefficient (Wildman–Crippen LogP) is 0.751. The van der Waals surface area contributed by atoms with E-state index in [1.165, 1.54) is 0 Å². The van der Waals surface area contributed by atoms with Gasteiger partial charge in [0, 0.05) is 0 Å². The number of sulfonamides is 1. The van der Waals surface area contributed by atoms with E-state index in [0.29, 0.717) is 12.1 Å². The topological polar surface area (TPSA) is 60.2 Å². The maximum atomic E-state index is 12.7. The molecule has 1 aromatic rings. The van der Waals surface area contributed by atoms with Gasteiger partial charge in [-0.1, -0.05) is 0 Å². The molecule has 0 aliphatic carbocycles. The number of primary sulfonamides is 1. The third-order valence-corrected chi connectivity index (χ3v) is 2.23. The summed E-state index contributed by atoms with van der Waals surface area (Å²) in [6.07, 6.45) is 0. The molecule has 0 aliphatic rings. The van der Waals surface area contributed by atoms with Crippen LogP contribution in [0.25, 0.3) is 0 Å². The van der Waals surface area contributed by atoms with Gasteiger partial charge in [-0.2, -0.15) is 0 Å². The van der Waals surface area contributed by atoms with Crippen LogP contribution in [-0.4, -0.2) is 8.42 Å². The van der Waals surface area contributed by atoms with Crippen molar-refractivity contribution in [2.45, 2.75) is 4.90 Å². The molecule has 72 valence electrons. The average Bonchev–Trinajstić information content (AvgIpc) is 1.98. The number of hydrogen-bond acceptors (Lipinski definition) is 2. The van der Waals surface area contributed by atoms with Crippen molar-refractivity contribution in [2.24, 2.45) is 5.14 Å². The lowest BCUT2D eigenvalue weighted by Crippen LogP contribution is -2.15. The smallest absolute Gasteiger partial charge is 0.225 e. The molecule has 7 heteroatoms. The van der Waals surface area contributed by atoms with Crippen molar-refractivity contribution in [3.63, 3.8) is 0 Å². The maximum absolute atomic E-state index is 12.7. The zero-order chi connectivity index (χ0) is 10.2. The highest BCUT2D eigenvalue weighted by Gasteiger charge is 2.20. The number of halogens is 3. The van der Waals surface area contributed by atoms with Crippen molar-refractivity contribution in [2.75, 3.05) is 0 Å². The van der Waals surface area contributed by atoms with Crippen LogP contribution in [0.15, 0.2) is 17.0 Å². The molecular weight excluding hydrogens is 207 g/mol. The van der Waals surface area contributed by atoms with Crippen molar-refractivity contribution in [1.82, 2.24) is 0 Å². The average molecular weight is 211 g/mol. The van der Waals surface area contributed by atoms with Crippen LogP contribution in [0.5, 0.6) is 0 Å². The van der Waals surface area contributed by atoms with Crippen LogP contribution in [0, 0.1) is 17.5 Å². The zero-order valence-electron chi connectivity index (χ0n) is 6.09. The lowest BCUT2D eigenvalue weighted by Gasteiger charge is -2.00. The second-order valence-electron chi connectivity index (χ2n) is 2.22. The summed E-state index contributed by atoms with van der Waals surface area (Å²) in [5.74, 6) is -5.13. The number of hydrogen-bond donors (Lipinski definition) is 1. The molecule has 1 aromatic carbocycles. The molecule has 0 radical (unpaired) electrons. The van der Waals surface area contributed by atoms with Crippen molar-refractivity contribution >= 4 is 10.0 Å². The summed E-state index contributed by atoms with van der Waals surface area (Å²) in [6.45, 7) is 0. The summed E-state index contributed by atoms with van der Waals surface area (Å²) in [7, 11) is -4.35. The highest BCUT2D eigenvalue weighted by Crippen LogP contribution is 2.17. The van der Waals surface area contributed by atoms with E-state index in [-0.39, 0.29) is 0 Å². The van der Waals surface area contributed by atoms with E-state index in [4.69, 9.17) is 0 Å². The van der Waals surface area contributed by atoms with Gasteiger partial charge in [0.1, 0.15) is 4.90 Å². The SMILES string of the molecule is NS(=O)(=O)c1ccc(F)c(F)c1F. The molecule has 0 spiro atoms. The van der Waals surface area contributed by atoms with Gasteiger partial charge < -0.3 is 0 Å². The molecule has 0 aromatic heterocycles. The van der Waals surface area contributed by atoms with E-state index in [2.05, 4.69) is 5.14 Å². The molecule has 0 saturated heterocycles. The Morgan fingerprint density at radius 2 is 1.62 bits per heavy atom. The van der Waals surface area contributed by atoms with Gasteiger partial charge in [-0.05, 0) is 12.1 Å². The fourth-order valence-corrected chi connectivity index (χ4v) is 1.33. The molecule has 0 bridgehead atoms. The first-order chi connectivity index (χ1) is 5.84. The first kappa shape index (κ1) is 10.0. The largest absolute Gasteiger partial charge is 0.241 e. The maximum Gasteiger partial charge on any atom is 0.241 e. The standard InChI is InChI=1S/C6H4F3NO2S/c7-3-1-2-4(13(10,11)12)6(9)5(3)8/h1-2H,(H2,10,11,12). The molecular formula is C6H4F3NO2S. The van der Waals surface area contributed by atoms with Gasteiger partial charge in [0.15, 0.2) is 17.5 Å². The van der Waals surface area contributed by atoms with E-state index < -0.39 is 32.4 Å². The van der Waals surface area contributed by atoms with E-state index in [0.717, 1.165) is 0 Å². The van der Waals surface area contributed by atoms with Gasteiger partial charge in [0.25, 0.3) is 0 Å². The minimum absolute atomic E-state index is 0.484. The van der Waals surface area contributed by atoms with Gasteiger partial charge in [0.2, 0.25) is 10.0 Å². The Kier molecular flexibility index (Phi) is 2.31. The van der Waals surface area contributed by atoms with Gasteiger partial charge in [-0.15, -0.1) is 0 Å². The lowest BCUT2D eigenvalue weighted by molar-refractivity contribution is 0.432. The van der Waals surface area contributed by atoms with E-state index >= 15 is 0 Å². The summed E-state index contributed by atoms with van der Waals surface area (Å²) in [5.41, 5.74) is 0. The number of benzene rings is 1. The fourth-order valence-electron chi connectivity index (χ4n) is 0.728. The van der Waals surface area contributed by atoms with Gasteiger partial charge in [-0.25, -0.2) is 26.7 Å². The third kappa shape index (κ3) is 1.81. The third-order valence-electron chi connectivity index (χ3n) is 1.31. The summed E-state index contributed by atoms with van der Waals surface area (Å²) in [5, 5.41) is 4.52. The van der Waals surface area contributed by atoms with Gasteiger partial charge in [0.05, 0.1) is 0 Å². The second-order valence-corrected chi connectivity index (χ2v) is 3.75. The van der Waals surface area contributed by atoms with Crippen LogP contribution < -0.4 is 5.14 Å². The Balaban J connectivity index is 3.53. The summed E-state index contributed by atoms with van der Waals surface area (Å²) >= 11 is 0. The van der Waals surface area contributed by atoms with Crippen molar-refractivity contribution in [1.29, 1.82) is 0 Å². The number of rotatable bonds is 1. The van der Waals surface area contributed by atoms with Gasteiger partial charge in [-0.3, -0.25) is 0 Å². The Morgan fingerprint density at radius 3 is 2.08 bits per heavy atom. The molecule has 0 atom stereocenters. The van der Waals surface area contributed by atoms with E-state index in [1.54, 1.807) is 0 Å². The van der Waals surface area contributed by atoms with E-state index in [9.17, 15) is 21.6 Å². The normalized spacial score (nSPS) is 11.7. The van der Waals surface area contributed by atoms with Crippen molar-refractivity contribution in [3.05, 3.63) is 29.6 Å². The summed E-state index contributed by atoms with van der Waals surface area (Å²) < 4.78 is 58.6. The Labute approximate surface area is 72.0 Å². The first-order valence-electron chi connectivity index (χ1n) is 3.00. The summed E-state index contributed by atoms with van der Waals surface area (Å²) in [6, 6.07) is 1.04. The fraction of sp³-hybridized carbons (Fsp3) is 0. The molecule has 1 rings (SSSR count). The van der Waals surface area contributed by atoms with Gasteiger partial charge >= 0.3 is 0 Å². The predicted molar refractivity (Wildman–Crippen MR) is 37.7 cm³/mol. The molecule has 3 nitrogen and oxygen atoms in total. The zero-order valence-corrected chi connectivity index (χ0v) is 6.91. The van der Waals surface area contributed by atoms with Crippen LogP contribution in [-0.2, 0) is 10.0 Å². The highest BCUT2D eigenvalue weighted by atomic mass is 32.2.